The van der Waals surface area contributed by atoms with Crippen molar-refractivity contribution in [1.29, 1.82) is 0 Å². The van der Waals surface area contributed by atoms with Crippen molar-refractivity contribution in [1.82, 2.24) is 15.1 Å². The number of benzene rings is 1. The lowest BCUT2D eigenvalue weighted by molar-refractivity contribution is 0.0320. The fourth-order valence-electron chi connectivity index (χ4n) is 2.46. The maximum absolute atomic E-state index is 11.8. The summed E-state index contributed by atoms with van der Waals surface area (Å²) in [5.74, 6) is -0.301. The summed E-state index contributed by atoms with van der Waals surface area (Å²) in [5.41, 5.74) is 1.76. The molecule has 1 aliphatic heterocycles. The van der Waals surface area contributed by atoms with Crippen molar-refractivity contribution in [3.8, 4) is 0 Å². The average Bonchev–Trinajstić information content (AvgIpc) is 3.11. The van der Waals surface area contributed by atoms with E-state index in [9.17, 15) is 4.79 Å². The number of likely N-dealkylation sites (tertiary alicyclic amines) is 1. The second kappa shape index (κ2) is 5.88. The van der Waals surface area contributed by atoms with Gasteiger partial charge in [-0.05, 0) is 12.0 Å². The van der Waals surface area contributed by atoms with Gasteiger partial charge >= 0.3 is 5.97 Å². The highest BCUT2D eigenvalue weighted by atomic mass is 16.5. The predicted octanol–water partition coefficient (Wildman–Crippen LogP) is 1.84. The molecular formula is C15H17N3O2. The Morgan fingerprint density at radius 1 is 1.40 bits per heavy atom. The van der Waals surface area contributed by atoms with Crippen molar-refractivity contribution in [3.63, 3.8) is 0 Å². The fourth-order valence-corrected chi connectivity index (χ4v) is 2.46. The highest BCUT2D eigenvalue weighted by molar-refractivity contribution is 5.88. The summed E-state index contributed by atoms with van der Waals surface area (Å²) in [7, 11) is 0. The van der Waals surface area contributed by atoms with E-state index in [2.05, 4.69) is 27.2 Å². The van der Waals surface area contributed by atoms with Crippen molar-refractivity contribution in [2.75, 3.05) is 13.1 Å². The number of aromatic nitrogens is 2. The first-order chi connectivity index (χ1) is 9.81. The van der Waals surface area contributed by atoms with E-state index in [1.54, 1.807) is 6.20 Å². The molecule has 1 aliphatic rings. The van der Waals surface area contributed by atoms with Gasteiger partial charge in [-0.15, -0.1) is 0 Å². The topological polar surface area (TPSA) is 58.2 Å². The van der Waals surface area contributed by atoms with Crippen LogP contribution in [0.1, 0.15) is 22.3 Å². The Morgan fingerprint density at radius 2 is 2.25 bits per heavy atom. The minimum absolute atomic E-state index is 0.0267. The Morgan fingerprint density at radius 3 is 3.00 bits per heavy atom. The van der Waals surface area contributed by atoms with Crippen molar-refractivity contribution in [2.45, 2.75) is 19.1 Å². The fraction of sp³-hybridized carbons (Fsp3) is 0.333. The normalized spacial score (nSPS) is 19.1. The quantitative estimate of drug-likeness (QED) is 0.862. The maximum atomic E-state index is 11.8. The third kappa shape index (κ3) is 3.05. The number of hydrogen-bond donors (Lipinski definition) is 1. The summed E-state index contributed by atoms with van der Waals surface area (Å²) in [5, 5.41) is 6.37. The molecule has 104 valence electrons. The van der Waals surface area contributed by atoms with Crippen LogP contribution in [0.3, 0.4) is 0 Å². The van der Waals surface area contributed by atoms with Gasteiger partial charge in [0.2, 0.25) is 0 Å². The van der Waals surface area contributed by atoms with Gasteiger partial charge in [0.15, 0.2) is 0 Å². The van der Waals surface area contributed by atoms with Gasteiger partial charge in [0.05, 0.1) is 11.8 Å². The largest absolute Gasteiger partial charge is 0.457 e. The monoisotopic (exact) mass is 271 g/mol. The van der Waals surface area contributed by atoms with Gasteiger partial charge in [0, 0.05) is 25.8 Å². The van der Waals surface area contributed by atoms with Crippen molar-refractivity contribution >= 4 is 5.97 Å². The van der Waals surface area contributed by atoms with Crippen LogP contribution in [0.4, 0.5) is 0 Å². The highest BCUT2D eigenvalue weighted by Crippen LogP contribution is 2.17. The summed E-state index contributed by atoms with van der Waals surface area (Å²) in [6.07, 6.45) is 3.90. The lowest BCUT2D eigenvalue weighted by Gasteiger charge is -2.16. The van der Waals surface area contributed by atoms with Crippen molar-refractivity contribution in [2.24, 2.45) is 0 Å². The second-order valence-electron chi connectivity index (χ2n) is 5.02. The zero-order valence-corrected chi connectivity index (χ0v) is 11.2. The van der Waals surface area contributed by atoms with Crippen molar-refractivity contribution in [3.05, 3.63) is 53.9 Å². The van der Waals surface area contributed by atoms with Crippen LogP contribution < -0.4 is 0 Å². The molecule has 5 nitrogen and oxygen atoms in total. The number of nitrogens with one attached hydrogen (secondary N) is 1. The third-order valence-electron chi connectivity index (χ3n) is 3.49. The first-order valence-corrected chi connectivity index (χ1v) is 6.77. The molecule has 1 N–H and O–H groups in total. The minimum Gasteiger partial charge on any atom is -0.457 e. The standard InChI is InChI=1S/C15H17N3O2/c19-15(13-8-16-17-9-13)20-14-6-7-18(11-14)10-12-4-2-1-3-5-12/h1-5,8-9,14H,6-7,10-11H2,(H,16,17). The van der Waals surface area contributed by atoms with Crippen LogP contribution >= 0.6 is 0 Å². The summed E-state index contributed by atoms with van der Waals surface area (Å²) >= 11 is 0. The van der Waals surface area contributed by atoms with E-state index in [1.807, 2.05) is 18.2 Å². The summed E-state index contributed by atoms with van der Waals surface area (Å²) in [6, 6.07) is 10.3. The molecule has 5 heteroatoms. The molecule has 1 aromatic carbocycles. The van der Waals surface area contributed by atoms with Crippen LogP contribution in [0.2, 0.25) is 0 Å². The molecule has 2 heterocycles. The number of carbonyl (C=O) groups is 1. The van der Waals surface area contributed by atoms with E-state index < -0.39 is 0 Å². The molecule has 0 spiro atoms. The zero-order chi connectivity index (χ0) is 13.8. The Bertz CT molecular complexity index is 554. The molecule has 1 unspecified atom stereocenters. The van der Waals surface area contributed by atoms with E-state index in [1.165, 1.54) is 11.8 Å². The van der Waals surface area contributed by atoms with Gasteiger partial charge in [0.1, 0.15) is 6.10 Å². The van der Waals surface area contributed by atoms with Gasteiger partial charge in [0.25, 0.3) is 0 Å². The molecule has 1 fully saturated rings. The van der Waals surface area contributed by atoms with Crippen molar-refractivity contribution < 1.29 is 9.53 Å². The van der Waals surface area contributed by atoms with Crippen LogP contribution in [0.5, 0.6) is 0 Å². The summed E-state index contributed by atoms with van der Waals surface area (Å²) in [4.78, 5) is 14.1. The molecule has 2 aromatic rings. The van der Waals surface area contributed by atoms with Gasteiger partial charge < -0.3 is 4.74 Å². The van der Waals surface area contributed by atoms with Gasteiger partial charge in [-0.3, -0.25) is 10.00 Å². The van der Waals surface area contributed by atoms with Gasteiger partial charge in [-0.25, -0.2) is 4.79 Å². The van der Waals surface area contributed by atoms with E-state index in [0.29, 0.717) is 5.56 Å². The molecule has 0 amide bonds. The van der Waals surface area contributed by atoms with E-state index in [0.717, 1.165) is 26.1 Å². The molecule has 0 bridgehead atoms. The second-order valence-corrected chi connectivity index (χ2v) is 5.02. The molecule has 0 saturated carbocycles. The molecule has 0 radical (unpaired) electrons. The summed E-state index contributed by atoms with van der Waals surface area (Å²) < 4.78 is 5.48. The van der Waals surface area contributed by atoms with Gasteiger partial charge in [-0.2, -0.15) is 5.10 Å². The molecule has 20 heavy (non-hydrogen) atoms. The van der Waals surface area contributed by atoms with Crippen LogP contribution in [0.15, 0.2) is 42.7 Å². The number of ether oxygens (including phenoxy) is 1. The van der Waals surface area contributed by atoms with Crippen LogP contribution in [-0.2, 0) is 11.3 Å². The number of hydrogen-bond acceptors (Lipinski definition) is 4. The molecule has 1 saturated heterocycles. The lowest BCUT2D eigenvalue weighted by atomic mass is 10.2. The van der Waals surface area contributed by atoms with Crippen LogP contribution in [-0.4, -0.2) is 40.3 Å². The third-order valence-corrected chi connectivity index (χ3v) is 3.49. The van der Waals surface area contributed by atoms with E-state index in [4.69, 9.17) is 4.74 Å². The molecule has 1 aromatic heterocycles. The Hall–Kier alpha value is -2.14. The number of aromatic amines is 1. The summed E-state index contributed by atoms with van der Waals surface area (Å²) in [6.45, 7) is 2.65. The average molecular weight is 271 g/mol. The first-order valence-electron chi connectivity index (χ1n) is 6.77. The molecule has 1 atom stereocenters. The van der Waals surface area contributed by atoms with Crippen LogP contribution in [0, 0.1) is 0 Å². The molecule has 3 rings (SSSR count). The Kier molecular flexibility index (Phi) is 3.78. The van der Waals surface area contributed by atoms with E-state index in [-0.39, 0.29) is 12.1 Å². The maximum Gasteiger partial charge on any atom is 0.341 e. The smallest absolute Gasteiger partial charge is 0.341 e. The highest BCUT2D eigenvalue weighted by Gasteiger charge is 2.26. The SMILES string of the molecule is O=C(OC1CCN(Cc2ccccc2)C1)c1cn[nH]c1. The number of nitrogens with zero attached hydrogens (tertiary/aromatic N) is 2. The number of rotatable bonds is 4. The predicted molar refractivity (Wildman–Crippen MR) is 74.1 cm³/mol. The zero-order valence-electron chi connectivity index (χ0n) is 11.2. The van der Waals surface area contributed by atoms with Crippen LogP contribution in [0.25, 0.3) is 0 Å². The first kappa shape index (κ1) is 12.9. The number of H-pyrrole nitrogens is 1. The minimum atomic E-state index is -0.301. The Balaban J connectivity index is 1.51. The molecular weight excluding hydrogens is 254 g/mol. The number of carbonyl (C=O) groups excluding carboxylic acids is 1. The lowest BCUT2D eigenvalue weighted by Crippen LogP contribution is -2.24. The Labute approximate surface area is 117 Å². The van der Waals surface area contributed by atoms with E-state index >= 15 is 0 Å². The van der Waals surface area contributed by atoms with Gasteiger partial charge in [-0.1, -0.05) is 30.3 Å². The molecule has 0 aliphatic carbocycles. The number of esters is 1.